The first-order valence-electron chi connectivity index (χ1n) is 5.93. The maximum absolute atomic E-state index is 4.32. The third-order valence-electron chi connectivity index (χ3n) is 2.45. The smallest absolute Gasteiger partial charge is 0.0541 e. The number of rotatable bonds is 4. The van der Waals surface area contributed by atoms with Gasteiger partial charge in [0.15, 0.2) is 0 Å². The fraction of sp³-hybridized carbons (Fsp3) is 0.643. The summed E-state index contributed by atoms with van der Waals surface area (Å²) in [7, 11) is 0. The van der Waals surface area contributed by atoms with Crippen LogP contribution in [0.5, 0.6) is 0 Å². The molecule has 1 rings (SSSR count). The normalized spacial score (nSPS) is 11.4. The molecule has 0 aliphatic heterocycles. The Hall–Kier alpha value is -0.310. The lowest BCUT2D eigenvalue weighted by Crippen LogP contribution is -2.41. The molecule has 0 unspecified atom stereocenters. The zero-order valence-electron chi connectivity index (χ0n) is 12.0. The molecule has 2 nitrogen and oxygen atoms in total. The van der Waals surface area contributed by atoms with E-state index in [4.69, 9.17) is 0 Å². The van der Waals surface area contributed by atoms with Gasteiger partial charge in [-0.1, -0.05) is 26.8 Å². The molecule has 0 spiro atoms. The van der Waals surface area contributed by atoms with Gasteiger partial charge in [-0.25, -0.2) is 0 Å². The lowest BCUT2D eigenvalue weighted by Gasteiger charge is -2.33. The standard InChI is InChI=1S/C14H24N2.2ClH/c1-13(2,3)11-14(4,5)16-10-12-8-6-7-9-15-12;;/h6-9,16H,10-11H2,1-5H3;2*1H. The van der Waals surface area contributed by atoms with Crippen molar-refractivity contribution in [2.75, 3.05) is 0 Å². The van der Waals surface area contributed by atoms with E-state index in [0.29, 0.717) is 5.41 Å². The van der Waals surface area contributed by atoms with E-state index < -0.39 is 0 Å². The first-order valence-corrected chi connectivity index (χ1v) is 5.93. The van der Waals surface area contributed by atoms with Crippen LogP contribution in [0.15, 0.2) is 24.4 Å². The van der Waals surface area contributed by atoms with Crippen LogP contribution in [0, 0.1) is 5.41 Å². The molecule has 0 saturated heterocycles. The maximum Gasteiger partial charge on any atom is 0.0541 e. The summed E-state index contributed by atoms with van der Waals surface area (Å²) >= 11 is 0. The summed E-state index contributed by atoms with van der Waals surface area (Å²) in [6.07, 6.45) is 2.99. The van der Waals surface area contributed by atoms with Crippen molar-refractivity contribution >= 4 is 24.8 Å². The van der Waals surface area contributed by atoms with Gasteiger partial charge in [-0.15, -0.1) is 24.8 Å². The molecule has 0 aliphatic carbocycles. The van der Waals surface area contributed by atoms with E-state index in [9.17, 15) is 0 Å². The van der Waals surface area contributed by atoms with E-state index in [1.54, 1.807) is 0 Å². The van der Waals surface area contributed by atoms with Crippen molar-refractivity contribution in [3.8, 4) is 0 Å². The molecule has 1 aromatic heterocycles. The van der Waals surface area contributed by atoms with Gasteiger partial charge in [0, 0.05) is 18.3 Å². The van der Waals surface area contributed by atoms with Crippen molar-refractivity contribution in [3.63, 3.8) is 0 Å². The quantitative estimate of drug-likeness (QED) is 0.898. The molecule has 0 aliphatic rings. The van der Waals surface area contributed by atoms with Crippen molar-refractivity contribution in [1.82, 2.24) is 10.3 Å². The minimum atomic E-state index is 0. The highest BCUT2D eigenvalue weighted by Gasteiger charge is 2.24. The molecule has 18 heavy (non-hydrogen) atoms. The van der Waals surface area contributed by atoms with Crippen molar-refractivity contribution < 1.29 is 0 Å². The second-order valence-corrected chi connectivity index (χ2v) is 6.30. The second-order valence-electron chi connectivity index (χ2n) is 6.30. The number of hydrogen-bond acceptors (Lipinski definition) is 2. The third-order valence-corrected chi connectivity index (χ3v) is 2.45. The Labute approximate surface area is 124 Å². The first kappa shape index (κ1) is 20.0. The molecule has 106 valence electrons. The average Bonchev–Trinajstić information content (AvgIpc) is 2.13. The summed E-state index contributed by atoms with van der Waals surface area (Å²) in [5.74, 6) is 0. The summed E-state index contributed by atoms with van der Waals surface area (Å²) in [6.45, 7) is 12.2. The Morgan fingerprint density at radius 3 is 2.11 bits per heavy atom. The highest BCUT2D eigenvalue weighted by Crippen LogP contribution is 2.26. The number of nitrogens with zero attached hydrogens (tertiary/aromatic N) is 1. The van der Waals surface area contributed by atoms with Gasteiger partial charge in [-0.2, -0.15) is 0 Å². The highest BCUT2D eigenvalue weighted by atomic mass is 35.5. The zero-order chi connectivity index (χ0) is 12.2. The van der Waals surface area contributed by atoms with Crippen LogP contribution < -0.4 is 5.32 Å². The minimum absolute atomic E-state index is 0. The van der Waals surface area contributed by atoms with E-state index in [0.717, 1.165) is 18.7 Å². The molecule has 4 heteroatoms. The van der Waals surface area contributed by atoms with Gasteiger partial charge in [0.05, 0.1) is 5.69 Å². The molecule has 1 aromatic rings. The SMILES string of the molecule is CC(C)(C)CC(C)(C)NCc1ccccn1.Cl.Cl. The predicted molar refractivity (Wildman–Crippen MR) is 83.7 cm³/mol. The molecule has 0 radical (unpaired) electrons. The van der Waals surface area contributed by atoms with Crippen molar-refractivity contribution in [3.05, 3.63) is 30.1 Å². The summed E-state index contributed by atoms with van der Waals surface area (Å²) in [5.41, 5.74) is 1.60. The molecule has 0 atom stereocenters. The van der Waals surface area contributed by atoms with E-state index >= 15 is 0 Å². The second kappa shape index (κ2) is 7.98. The molecule has 1 N–H and O–H groups in total. The number of aromatic nitrogens is 1. The number of halogens is 2. The largest absolute Gasteiger partial charge is 0.306 e. The van der Waals surface area contributed by atoms with E-state index in [2.05, 4.69) is 51.0 Å². The van der Waals surface area contributed by atoms with Crippen LogP contribution in [0.3, 0.4) is 0 Å². The summed E-state index contributed by atoms with van der Waals surface area (Å²) in [4.78, 5) is 4.32. The van der Waals surface area contributed by atoms with Crippen LogP contribution in [0.4, 0.5) is 0 Å². The topological polar surface area (TPSA) is 24.9 Å². The molecule has 0 saturated carbocycles. The summed E-state index contributed by atoms with van der Waals surface area (Å²) < 4.78 is 0. The van der Waals surface area contributed by atoms with Gasteiger partial charge in [-0.05, 0) is 37.8 Å². The van der Waals surface area contributed by atoms with Crippen LogP contribution >= 0.6 is 24.8 Å². The Morgan fingerprint density at radius 1 is 1.06 bits per heavy atom. The molecular weight excluding hydrogens is 267 g/mol. The lowest BCUT2D eigenvalue weighted by atomic mass is 9.82. The average molecular weight is 293 g/mol. The fourth-order valence-corrected chi connectivity index (χ4v) is 2.22. The van der Waals surface area contributed by atoms with Crippen LogP contribution in [0.1, 0.15) is 46.7 Å². The molecule has 0 bridgehead atoms. The van der Waals surface area contributed by atoms with Crippen molar-refractivity contribution in [2.24, 2.45) is 5.41 Å². The molecule has 0 fully saturated rings. The molecule has 1 heterocycles. The van der Waals surface area contributed by atoms with Crippen LogP contribution in [-0.4, -0.2) is 10.5 Å². The van der Waals surface area contributed by atoms with Gasteiger partial charge < -0.3 is 5.32 Å². The number of hydrogen-bond donors (Lipinski definition) is 1. The Balaban J connectivity index is 0. The van der Waals surface area contributed by atoms with E-state index in [1.165, 1.54) is 0 Å². The predicted octanol–water partition coefficient (Wildman–Crippen LogP) is 4.23. The summed E-state index contributed by atoms with van der Waals surface area (Å²) in [5, 5.41) is 3.57. The van der Waals surface area contributed by atoms with Crippen molar-refractivity contribution in [2.45, 2.75) is 53.1 Å². The van der Waals surface area contributed by atoms with Gasteiger partial charge in [0.25, 0.3) is 0 Å². The van der Waals surface area contributed by atoms with Crippen LogP contribution in [0.2, 0.25) is 0 Å². The Morgan fingerprint density at radius 2 is 1.67 bits per heavy atom. The van der Waals surface area contributed by atoms with Crippen LogP contribution in [0.25, 0.3) is 0 Å². The van der Waals surface area contributed by atoms with Crippen LogP contribution in [-0.2, 0) is 6.54 Å². The number of nitrogens with one attached hydrogen (secondary N) is 1. The van der Waals surface area contributed by atoms with Gasteiger partial charge in [0.1, 0.15) is 0 Å². The lowest BCUT2D eigenvalue weighted by molar-refractivity contribution is 0.240. The van der Waals surface area contributed by atoms with Crippen molar-refractivity contribution in [1.29, 1.82) is 0 Å². The van der Waals surface area contributed by atoms with E-state index in [-0.39, 0.29) is 30.4 Å². The maximum atomic E-state index is 4.32. The first-order chi connectivity index (χ1) is 7.29. The molecule has 0 amide bonds. The monoisotopic (exact) mass is 292 g/mol. The Kier molecular flexibility index (Phi) is 8.87. The highest BCUT2D eigenvalue weighted by molar-refractivity contribution is 5.85. The zero-order valence-corrected chi connectivity index (χ0v) is 13.6. The van der Waals surface area contributed by atoms with Gasteiger partial charge in [-0.3, -0.25) is 4.98 Å². The van der Waals surface area contributed by atoms with Gasteiger partial charge >= 0.3 is 0 Å². The fourth-order valence-electron chi connectivity index (χ4n) is 2.22. The summed E-state index contributed by atoms with van der Waals surface area (Å²) in [6, 6.07) is 6.03. The minimum Gasteiger partial charge on any atom is -0.306 e. The Bertz CT molecular complexity index is 318. The third kappa shape index (κ3) is 8.73. The number of pyridine rings is 1. The molecular formula is C14H26Cl2N2. The van der Waals surface area contributed by atoms with Gasteiger partial charge in [0.2, 0.25) is 0 Å². The molecule has 0 aromatic carbocycles. The van der Waals surface area contributed by atoms with E-state index in [1.807, 2.05) is 18.3 Å².